The Hall–Kier alpha value is -3.09. The number of carbonyl (C=O) groups is 1. The number of ether oxygens (including phenoxy) is 2. The molecule has 1 fully saturated rings. The molecule has 0 saturated heterocycles. The van der Waals surface area contributed by atoms with E-state index in [0.717, 1.165) is 46.6 Å². The normalized spacial score (nSPS) is 18.8. The Bertz CT molecular complexity index is 1150. The number of hydrogen-bond acceptors (Lipinski definition) is 5. The van der Waals surface area contributed by atoms with E-state index in [1.807, 2.05) is 35.1 Å². The second-order valence-corrected chi connectivity index (χ2v) is 9.32. The lowest BCUT2D eigenvalue weighted by atomic mass is 10.1. The van der Waals surface area contributed by atoms with E-state index in [0.29, 0.717) is 11.7 Å². The van der Waals surface area contributed by atoms with Gasteiger partial charge in [0, 0.05) is 24.2 Å². The minimum Gasteiger partial charge on any atom is -0.454 e. The molecule has 1 saturated carbocycles. The number of nitrogens with one attached hydrogen (secondary N) is 1. The maximum Gasteiger partial charge on any atom is 0.231 e. The molecule has 7 nitrogen and oxygen atoms in total. The fourth-order valence-corrected chi connectivity index (χ4v) is 3.98. The van der Waals surface area contributed by atoms with Crippen molar-refractivity contribution >= 4 is 22.8 Å². The quantitative estimate of drug-likeness (QED) is 0.676. The molecule has 0 radical (unpaired) electrons. The lowest BCUT2D eigenvalue weighted by Gasteiger charge is -2.06. The maximum atomic E-state index is 12.7. The Morgan fingerprint density at radius 2 is 2.00 bits per heavy atom. The molecule has 3 heterocycles. The first-order valence-corrected chi connectivity index (χ1v) is 10.4. The summed E-state index contributed by atoms with van der Waals surface area (Å²) in [4.78, 5) is 17.4. The van der Waals surface area contributed by atoms with Gasteiger partial charge in [0.1, 0.15) is 0 Å². The molecule has 1 aromatic carbocycles. The largest absolute Gasteiger partial charge is 0.454 e. The minimum absolute atomic E-state index is 0.0320. The van der Waals surface area contributed by atoms with E-state index in [2.05, 4.69) is 33.0 Å². The molecule has 3 aromatic rings. The molecular weight excluding hydrogens is 380 g/mol. The summed E-state index contributed by atoms with van der Waals surface area (Å²) < 4.78 is 12.8. The Kier molecular flexibility index (Phi) is 4.24. The van der Waals surface area contributed by atoms with Crippen molar-refractivity contribution in [3.63, 3.8) is 0 Å². The second-order valence-electron chi connectivity index (χ2n) is 9.32. The van der Waals surface area contributed by atoms with E-state index in [1.54, 1.807) is 0 Å². The van der Waals surface area contributed by atoms with Gasteiger partial charge >= 0.3 is 0 Å². The van der Waals surface area contributed by atoms with Gasteiger partial charge in [0.2, 0.25) is 12.7 Å². The van der Waals surface area contributed by atoms with Crippen LogP contribution in [0.15, 0.2) is 30.5 Å². The number of benzene rings is 1. The summed E-state index contributed by atoms with van der Waals surface area (Å²) in [6, 6.07) is 7.88. The van der Waals surface area contributed by atoms with Gasteiger partial charge in [-0.15, -0.1) is 0 Å². The monoisotopic (exact) mass is 406 g/mol. The Morgan fingerprint density at radius 1 is 1.23 bits per heavy atom. The van der Waals surface area contributed by atoms with Crippen molar-refractivity contribution in [1.82, 2.24) is 14.8 Å². The molecular formula is C23H26N4O3. The van der Waals surface area contributed by atoms with Crippen LogP contribution in [0.4, 0.5) is 5.82 Å². The van der Waals surface area contributed by atoms with E-state index >= 15 is 0 Å². The summed E-state index contributed by atoms with van der Waals surface area (Å²) in [5.74, 6) is 2.53. The van der Waals surface area contributed by atoms with Crippen LogP contribution in [0.1, 0.15) is 34.1 Å². The molecule has 7 heteroatoms. The third-order valence-corrected chi connectivity index (χ3v) is 5.90. The van der Waals surface area contributed by atoms with Crippen LogP contribution in [-0.2, 0) is 11.3 Å². The van der Waals surface area contributed by atoms with Gasteiger partial charge in [-0.1, -0.05) is 33.8 Å². The first-order valence-electron chi connectivity index (χ1n) is 10.4. The molecule has 0 spiro atoms. The summed E-state index contributed by atoms with van der Waals surface area (Å²) in [5, 5.41) is 8.60. The second kappa shape index (κ2) is 6.72. The molecule has 2 aliphatic rings. The third-order valence-electron chi connectivity index (χ3n) is 5.90. The van der Waals surface area contributed by atoms with E-state index in [-0.39, 0.29) is 24.0 Å². The number of fused-ring (bicyclic) bond motifs is 2. The first-order chi connectivity index (χ1) is 14.3. The number of pyridine rings is 1. The van der Waals surface area contributed by atoms with Crippen LogP contribution in [0.3, 0.4) is 0 Å². The van der Waals surface area contributed by atoms with E-state index in [4.69, 9.17) is 19.6 Å². The zero-order chi connectivity index (χ0) is 21.0. The standard InChI is InChI=1S/C23H26N4O3/c1-13(2)11-27-21-16(20(26-27)25-22(28)17-9-23(17,3)4)7-15(10-24-21)14-5-6-18-19(8-14)30-12-29-18/h5-8,10,13,17H,9,11-12H2,1-4H3,(H,25,26,28)/t17-/m1/s1. The van der Waals surface area contributed by atoms with Crippen LogP contribution in [0, 0.1) is 17.3 Å². The smallest absolute Gasteiger partial charge is 0.231 e. The van der Waals surface area contributed by atoms with Gasteiger partial charge in [-0.05, 0) is 41.5 Å². The van der Waals surface area contributed by atoms with Gasteiger partial charge in [-0.25, -0.2) is 9.67 Å². The fourth-order valence-electron chi connectivity index (χ4n) is 3.98. The van der Waals surface area contributed by atoms with Crippen molar-refractivity contribution in [1.29, 1.82) is 0 Å². The van der Waals surface area contributed by atoms with Gasteiger partial charge in [0.05, 0.1) is 5.39 Å². The summed E-state index contributed by atoms with van der Waals surface area (Å²) in [7, 11) is 0. The highest BCUT2D eigenvalue weighted by Gasteiger charge is 2.50. The predicted molar refractivity (Wildman–Crippen MR) is 114 cm³/mol. The lowest BCUT2D eigenvalue weighted by Crippen LogP contribution is -2.17. The zero-order valence-electron chi connectivity index (χ0n) is 17.7. The van der Waals surface area contributed by atoms with Gasteiger partial charge in [0.15, 0.2) is 23.0 Å². The van der Waals surface area contributed by atoms with E-state index in [1.165, 1.54) is 0 Å². The SMILES string of the molecule is CC(C)Cn1nc(NC(=O)[C@H]2CC2(C)C)c2cc(-c3ccc4c(c3)OCO4)cnc21. The molecule has 30 heavy (non-hydrogen) atoms. The number of rotatable bonds is 5. The summed E-state index contributed by atoms with van der Waals surface area (Å²) >= 11 is 0. The number of nitrogens with zero attached hydrogens (tertiary/aromatic N) is 3. The summed E-state index contributed by atoms with van der Waals surface area (Å²) in [6.07, 6.45) is 2.75. The topological polar surface area (TPSA) is 78.3 Å². The zero-order valence-corrected chi connectivity index (χ0v) is 17.7. The Morgan fingerprint density at radius 3 is 2.73 bits per heavy atom. The van der Waals surface area contributed by atoms with Gasteiger partial charge in [-0.2, -0.15) is 5.10 Å². The van der Waals surface area contributed by atoms with Crippen LogP contribution in [0.25, 0.3) is 22.2 Å². The lowest BCUT2D eigenvalue weighted by molar-refractivity contribution is -0.118. The number of amides is 1. The highest BCUT2D eigenvalue weighted by molar-refractivity contribution is 6.02. The van der Waals surface area contributed by atoms with Crippen molar-refractivity contribution < 1.29 is 14.3 Å². The molecule has 0 bridgehead atoms. The van der Waals surface area contributed by atoms with Crippen molar-refractivity contribution in [2.24, 2.45) is 17.3 Å². The van der Waals surface area contributed by atoms with E-state index in [9.17, 15) is 4.79 Å². The molecule has 1 aliphatic heterocycles. The van der Waals surface area contributed by atoms with Crippen molar-refractivity contribution in [2.75, 3.05) is 12.1 Å². The van der Waals surface area contributed by atoms with Crippen molar-refractivity contribution in [3.8, 4) is 22.6 Å². The molecule has 1 N–H and O–H groups in total. The summed E-state index contributed by atoms with van der Waals surface area (Å²) in [6.45, 7) is 9.49. The van der Waals surface area contributed by atoms with Gasteiger partial charge in [0.25, 0.3) is 0 Å². The molecule has 1 amide bonds. The number of carbonyl (C=O) groups excluding carboxylic acids is 1. The third kappa shape index (κ3) is 3.28. The number of hydrogen-bond donors (Lipinski definition) is 1. The molecule has 5 rings (SSSR count). The van der Waals surface area contributed by atoms with E-state index < -0.39 is 0 Å². The predicted octanol–water partition coefficient (Wildman–Crippen LogP) is 4.47. The maximum absolute atomic E-state index is 12.7. The highest BCUT2D eigenvalue weighted by Crippen LogP contribution is 2.52. The van der Waals surface area contributed by atoms with Crippen LogP contribution in [0.5, 0.6) is 11.5 Å². The fraction of sp³-hybridized carbons (Fsp3) is 0.435. The molecule has 156 valence electrons. The number of anilines is 1. The number of aromatic nitrogens is 3. The Balaban J connectivity index is 1.54. The van der Waals surface area contributed by atoms with Crippen LogP contribution < -0.4 is 14.8 Å². The van der Waals surface area contributed by atoms with Crippen LogP contribution >= 0.6 is 0 Å². The van der Waals surface area contributed by atoms with Gasteiger partial charge < -0.3 is 14.8 Å². The van der Waals surface area contributed by atoms with Crippen molar-refractivity contribution in [3.05, 3.63) is 30.5 Å². The molecule has 2 aromatic heterocycles. The summed E-state index contributed by atoms with van der Waals surface area (Å²) in [5.41, 5.74) is 2.76. The molecule has 1 atom stereocenters. The average molecular weight is 406 g/mol. The molecule has 1 aliphatic carbocycles. The first kappa shape index (κ1) is 18.9. The van der Waals surface area contributed by atoms with Gasteiger partial charge in [-0.3, -0.25) is 4.79 Å². The highest BCUT2D eigenvalue weighted by atomic mass is 16.7. The Labute approximate surface area is 175 Å². The minimum atomic E-state index is 0.0320. The average Bonchev–Trinajstić information content (AvgIpc) is 3.04. The van der Waals surface area contributed by atoms with Crippen LogP contribution in [0.2, 0.25) is 0 Å². The van der Waals surface area contributed by atoms with Crippen LogP contribution in [-0.4, -0.2) is 27.5 Å². The molecule has 0 unspecified atom stereocenters. The van der Waals surface area contributed by atoms with Crippen molar-refractivity contribution in [2.45, 2.75) is 40.7 Å².